The highest BCUT2D eigenvalue weighted by molar-refractivity contribution is 9.10. The lowest BCUT2D eigenvalue weighted by molar-refractivity contribution is 0.183. The Balaban J connectivity index is 0.00000144. The Morgan fingerprint density at radius 2 is 1.89 bits per heavy atom. The zero-order valence-corrected chi connectivity index (χ0v) is 13.4. The summed E-state index contributed by atoms with van der Waals surface area (Å²) in [5.41, 5.74) is 0.997. The number of hydrogen-bond acceptors (Lipinski definition) is 3. The molecule has 3 nitrogen and oxygen atoms in total. The second kappa shape index (κ2) is 8.23. The van der Waals surface area contributed by atoms with Crippen LogP contribution in [0.1, 0.15) is 18.5 Å². The highest BCUT2D eigenvalue weighted by Crippen LogP contribution is 2.34. The molecule has 0 aliphatic carbocycles. The van der Waals surface area contributed by atoms with Gasteiger partial charge in [-0.2, -0.15) is 0 Å². The molecule has 0 unspecified atom stereocenters. The molecule has 0 aromatic heterocycles. The van der Waals surface area contributed by atoms with Crippen molar-refractivity contribution in [1.29, 1.82) is 0 Å². The monoisotopic (exact) mass is 356 g/mol. The molecule has 1 aliphatic rings. The second-order valence-corrected chi connectivity index (χ2v) is 4.99. The molecule has 0 saturated carbocycles. The third kappa shape index (κ3) is 4.00. The van der Waals surface area contributed by atoms with E-state index in [4.69, 9.17) is 0 Å². The van der Waals surface area contributed by atoms with E-state index in [0.717, 1.165) is 36.2 Å². The summed E-state index contributed by atoms with van der Waals surface area (Å²) in [6.45, 7) is 6.27. The summed E-state index contributed by atoms with van der Waals surface area (Å²) in [5.74, 6) is 0.369. The van der Waals surface area contributed by atoms with Crippen LogP contribution in [-0.2, 0) is 0 Å². The topological polar surface area (TPSA) is 35.5 Å². The number of nitrogens with one attached hydrogen (secondary N) is 1. The molecule has 1 fully saturated rings. The standard InChI is InChI=1S/C12H17BrN2O.2ClH/c1-9(15-7-5-14-6-8-15)10-3-2-4-11(13)12(10)16;;/h2-4,9,14,16H,5-8H2,1H3;2*1H/t9-;;/m0../s1. The molecule has 1 heterocycles. The largest absolute Gasteiger partial charge is 0.506 e. The second-order valence-electron chi connectivity index (χ2n) is 4.14. The van der Waals surface area contributed by atoms with Crippen LogP contribution in [0.25, 0.3) is 0 Å². The maximum absolute atomic E-state index is 10.0. The van der Waals surface area contributed by atoms with Crippen LogP contribution in [-0.4, -0.2) is 36.2 Å². The number of phenols is 1. The fraction of sp³-hybridized carbons (Fsp3) is 0.500. The molecule has 2 N–H and O–H groups in total. The van der Waals surface area contributed by atoms with Crippen molar-refractivity contribution in [2.24, 2.45) is 0 Å². The Morgan fingerprint density at radius 1 is 1.28 bits per heavy atom. The number of aromatic hydroxyl groups is 1. The first-order chi connectivity index (χ1) is 7.70. The van der Waals surface area contributed by atoms with Crippen LogP contribution in [0.2, 0.25) is 0 Å². The van der Waals surface area contributed by atoms with Gasteiger partial charge in [0.25, 0.3) is 0 Å². The first-order valence-corrected chi connectivity index (χ1v) is 6.41. The van der Waals surface area contributed by atoms with Crippen LogP contribution in [0, 0.1) is 0 Å². The number of para-hydroxylation sites is 1. The Morgan fingerprint density at radius 3 is 2.50 bits per heavy atom. The molecule has 6 heteroatoms. The maximum Gasteiger partial charge on any atom is 0.134 e. The molecule has 0 spiro atoms. The molecule has 18 heavy (non-hydrogen) atoms. The van der Waals surface area contributed by atoms with Crippen LogP contribution in [0.15, 0.2) is 22.7 Å². The molecular formula is C12H19BrCl2N2O. The molecule has 104 valence electrons. The van der Waals surface area contributed by atoms with Gasteiger partial charge < -0.3 is 10.4 Å². The first-order valence-electron chi connectivity index (χ1n) is 5.62. The molecule has 1 aromatic rings. The Bertz CT molecular complexity index is 373. The Kier molecular flexibility index (Phi) is 8.23. The normalized spacial score (nSPS) is 17.4. The van der Waals surface area contributed by atoms with Gasteiger partial charge in [0.05, 0.1) is 4.47 Å². The SMILES string of the molecule is C[C@@H](c1cccc(Br)c1O)N1CCNCC1.Cl.Cl. The van der Waals surface area contributed by atoms with Gasteiger partial charge in [0.1, 0.15) is 5.75 Å². The average Bonchev–Trinajstić information content (AvgIpc) is 2.33. The van der Waals surface area contributed by atoms with Crippen molar-refractivity contribution in [1.82, 2.24) is 10.2 Å². The van der Waals surface area contributed by atoms with Crippen LogP contribution in [0.3, 0.4) is 0 Å². The summed E-state index contributed by atoms with van der Waals surface area (Å²) in [6.07, 6.45) is 0. The van der Waals surface area contributed by atoms with Crippen molar-refractivity contribution in [3.63, 3.8) is 0 Å². The molecule has 0 bridgehead atoms. The third-order valence-corrected chi connectivity index (χ3v) is 3.81. The van der Waals surface area contributed by atoms with E-state index in [2.05, 4.69) is 33.1 Å². The van der Waals surface area contributed by atoms with Gasteiger partial charge in [-0.25, -0.2) is 0 Å². The molecule has 0 radical (unpaired) electrons. The number of phenolic OH excluding ortho intramolecular Hbond substituents is 1. The predicted octanol–water partition coefficient (Wildman–Crippen LogP) is 2.96. The summed E-state index contributed by atoms with van der Waals surface area (Å²) >= 11 is 3.36. The van der Waals surface area contributed by atoms with Gasteiger partial charge in [0.2, 0.25) is 0 Å². The molecule has 1 saturated heterocycles. The van der Waals surface area contributed by atoms with Gasteiger partial charge >= 0.3 is 0 Å². The minimum atomic E-state index is 0. The van der Waals surface area contributed by atoms with Crippen LogP contribution < -0.4 is 5.32 Å². The molecule has 0 amide bonds. The van der Waals surface area contributed by atoms with Crippen molar-refractivity contribution in [3.05, 3.63) is 28.2 Å². The number of nitrogens with zero attached hydrogens (tertiary/aromatic N) is 1. The Labute approximate surface area is 129 Å². The van der Waals surface area contributed by atoms with Crippen LogP contribution in [0.5, 0.6) is 5.75 Å². The molecule has 1 aliphatic heterocycles. The molecule has 1 aromatic carbocycles. The number of hydrogen-bond donors (Lipinski definition) is 2. The van der Waals surface area contributed by atoms with Gasteiger partial charge in [-0.3, -0.25) is 4.90 Å². The van der Waals surface area contributed by atoms with Gasteiger partial charge in [0, 0.05) is 37.8 Å². The fourth-order valence-electron chi connectivity index (χ4n) is 2.14. The predicted molar refractivity (Wildman–Crippen MR) is 83.2 cm³/mol. The van der Waals surface area contributed by atoms with Gasteiger partial charge in [-0.15, -0.1) is 24.8 Å². The highest BCUT2D eigenvalue weighted by atomic mass is 79.9. The van der Waals surface area contributed by atoms with Gasteiger partial charge in [-0.1, -0.05) is 12.1 Å². The van der Waals surface area contributed by atoms with Crippen molar-refractivity contribution in [2.45, 2.75) is 13.0 Å². The van der Waals surface area contributed by atoms with Crippen molar-refractivity contribution in [3.8, 4) is 5.75 Å². The summed E-state index contributed by atoms with van der Waals surface area (Å²) in [4.78, 5) is 2.39. The van der Waals surface area contributed by atoms with Crippen LogP contribution in [0.4, 0.5) is 0 Å². The smallest absolute Gasteiger partial charge is 0.134 e. The lowest BCUT2D eigenvalue weighted by Gasteiger charge is -2.33. The van der Waals surface area contributed by atoms with Gasteiger partial charge in [-0.05, 0) is 28.9 Å². The number of halogens is 3. The van der Waals surface area contributed by atoms with E-state index >= 15 is 0 Å². The van der Waals surface area contributed by atoms with E-state index in [-0.39, 0.29) is 30.9 Å². The average molecular weight is 358 g/mol. The minimum absolute atomic E-state index is 0. The van der Waals surface area contributed by atoms with E-state index in [1.54, 1.807) is 0 Å². The van der Waals surface area contributed by atoms with Crippen LogP contribution >= 0.6 is 40.7 Å². The molecular weight excluding hydrogens is 339 g/mol. The Hall–Kier alpha value is -0.000000000000000111. The molecule has 1 atom stereocenters. The number of benzene rings is 1. The van der Waals surface area contributed by atoms with Crippen molar-refractivity contribution >= 4 is 40.7 Å². The highest BCUT2D eigenvalue weighted by Gasteiger charge is 2.20. The lowest BCUT2D eigenvalue weighted by Crippen LogP contribution is -2.44. The van der Waals surface area contributed by atoms with Gasteiger partial charge in [0.15, 0.2) is 0 Å². The van der Waals surface area contributed by atoms with E-state index in [0.29, 0.717) is 5.75 Å². The quantitative estimate of drug-likeness (QED) is 0.854. The summed E-state index contributed by atoms with van der Waals surface area (Å²) < 4.78 is 0.770. The summed E-state index contributed by atoms with van der Waals surface area (Å²) in [7, 11) is 0. The number of piperazine rings is 1. The van der Waals surface area contributed by atoms with Crippen molar-refractivity contribution < 1.29 is 5.11 Å². The van der Waals surface area contributed by atoms with E-state index in [1.807, 2.05) is 18.2 Å². The van der Waals surface area contributed by atoms with Crippen molar-refractivity contribution in [2.75, 3.05) is 26.2 Å². The molecule has 2 rings (SSSR count). The first kappa shape index (κ1) is 18.0. The van der Waals surface area contributed by atoms with E-state index in [9.17, 15) is 5.11 Å². The minimum Gasteiger partial charge on any atom is -0.506 e. The number of rotatable bonds is 2. The van der Waals surface area contributed by atoms with E-state index in [1.165, 1.54) is 0 Å². The third-order valence-electron chi connectivity index (χ3n) is 3.17. The fourth-order valence-corrected chi connectivity index (χ4v) is 2.52. The summed E-state index contributed by atoms with van der Waals surface area (Å²) in [5, 5.41) is 13.3. The maximum atomic E-state index is 10.0. The zero-order chi connectivity index (χ0) is 11.5. The zero-order valence-electron chi connectivity index (χ0n) is 10.2. The van der Waals surface area contributed by atoms with E-state index < -0.39 is 0 Å². The summed E-state index contributed by atoms with van der Waals surface area (Å²) in [6, 6.07) is 6.09. The lowest BCUT2D eigenvalue weighted by atomic mass is 10.1.